The number of carbonyl (C=O) groups excluding carboxylic acids is 1. The van der Waals surface area contributed by atoms with Crippen LogP contribution < -0.4 is 15.5 Å². The van der Waals surface area contributed by atoms with Crippen molar-refractivity contribution in [2.45, 2.75) is 12.5 Å². The molecule has 1 atom stereocenters. The van der Waals surface area contributed by atoms with Crippen LogP contribution in [0.5, 0.6) is 0 Å². The molecule has 3 rings (SSSR count). The zero-order valence-electron chi connectivity index (χ0n) is 9.37. The molecule has 1 aromatic carbocycles. The first-order chi connectivity index (χ1) is 8.24. The van der Waals surface area contributed by atoms with Crippen LogP contribution in [0.3, 0.4) is 0 Å². The van der Waals surface area contributed by atoms with Gasteiger partial charge in [0.15, 0.2) is 0 Å². The van der Waals surface area contributed by atoms with Crippen molar-refractivity contribution < 1.29 is 4.79 Å². The number of amides is 1. The van der Waals surface area contributed by atoms with Crippen molar-refractivity contribution in [3.63, 3.8) is 0 Å². The summed E-state index contributed by atoms with van der Waals surface area (Å²) in [6.45, 7) is 2.73. The Morgan fingerprint density at radius 1 is 1.41 bits per heavy atom. The number of nitrogens with zero attached hydrogens (tertiary/aromatic N) is 1. The first-order valence-electron chi connectivity index (χ1n) is 5.81. The number of fused-ring (bicyclic) bond motifs is 3. The van der Waals surface area contributed by atoms with E-state index in [1.165, 1.54) is 0 Å². The van der Waals surface area contributed by atoms with Crippen LogP contribution in [0, 0.1) is 0 Å². The summed E-state index contributed by atoms with van der Waals surface area (Å²) in [6.07, 6.45) is 0.527. The first-order valence-corrected chi connectivity index (χ1v) is 6.18. The van der Waals surface area contributed by atoms with Crippen LogP contribution in [0.15, 0.2) is 18.2 Å². The van der Waals surface area contributed by atoms with Gasteiger partial charge in [-0.05, 0) is 18.2 Å². The van der Waals surface area contributed by atoms with Gasteiger partial charge in [-0.1, -0.05) is 11.6 Å². The van der Waals surface area contributed by atoms with Gasteiger partial charge in [-0.2, -0.15) is 0 Å². The van der Waals surface area contributed by atoms with Crippen LogP contribution in [0.1, 0.15) is 6.42 Å². The summed E-state index contributed by atoms with van der Waals surface area (Å²) in [7, 11) is 0. The Labute approximate surface area is 105 Å². The second kappa shape index (κ2) is 4.20. The Bertz CT molecular complexity index is 463. The van der Waals surface area contributed by atoms with Crippen LogP contribution in [-0.4, -0.2) is 31.6 Å². The molecule has 90 valence electrons. The standard InChI is InChI=1S/C12H14ClN3O/c13-8-1-2-11-10(5-8)15-12(17)6-9-7-14-3-4-16(9)11/h1-2,5,9,14H,3-4,6-7H2,(H,15,17)/t9-/m0/s1. The van der Waals surface area contributed by atoms with Crippen LogP contribution in [0.25, 0.3) is 0 Å². The summed E-state index contributed by atoms with van der Waals surface area (Å²) in [5.41, 5.74) is 1.90. The van der Waals surface area contributed by atoms with Crippen LogP contribution in [0.2, 0.25) is 5.02 Å². The maximum Gasteiger partial charge on any atom is 0.226 e. The molecule has 0 unspecified atom stereocenters. The fraction of sp³-hybridized carbons (Fsp3) is 0.417. The van der Waals surface area contributed by atoms with Crippen molar-refractivity contribution in [2.75, 3.05) is 29.9 Å². The largest absolute Gasteiger partial charge is 0.364 e. The van der Waals surface area contributed by atoms with Gasteiger partial charge in [0.2, 0.25) is 5.91 Å². The minimum atomic E-state index is 0.0599. The van der Waals surface area contributed by atoms with Crippen LogP contribution in [0.4, 0.5) is 11.4 Å². The molecule has 2 N–H and O–H groups in total. The number of hydrogen-bond acceptors (Lipinski definition) is 3. The van der Waals surface area contributed by atoms with Gasteiger partial charge >= 0.3 is 0 Å². The zero-order chi connectivity index (χ0) is 11.8. The lowest BCUT2D eigenvalue weighted by molar-refractivity contribution is -0.116. The second-order valence-electron chi connectivity index (χ2n) is 4.47. The van der Waals surface area contributed by atoms with Crippen molar-refractivity contribution in [3.05, 3.63) is 23.2 Å². The molecule has 1 fully saturated rings. The van der Waals surface area contributed by atoms with E-state index in [1.807, 2.05) is 18.2 Å². The van der Waals surface area contributed by atoms with E-state index in [-0.39, 0.29) is 11.9 Å². The SMILES string of the molecule is O=C1C[C@H]2CNCCN2c2ccc(Cl)cc2N1. The summed E-state index contributed by atoms with van der Waals surface area (Å²) in [5, 5.41) is 6.90. The number of halogens is 1. The van der Waals surface area contributed by atoms with Crippen molar-refractivity contribution in [1.82, 2.24) is 5.32 Å². The van der Waals surface area contributed by atoms with Gasteiger partial charge in [0.05, 0.1) is 17.4 Å². The van der Waals surface area contributed by atoms with Gasteiger partial charge < -0.3 is 15.5 Å². The molecular weight excluding hydrogens is 238 g/mol. The van der Waals surface area contributed by atoms with E-state index in [0.717, 1.165) is 31.0 Å². The lowest BCUT2D eigenvalue weighted by Gasteiger charge is -2.36. The number of piperazine rings is 1. The highest BCUT2D eigenvalue weighted by molar-refractivity contribution is 6.31. The molecule has 0 spiro atoms. The molecule has 0 saturated carbocycles. The van der Waals surface area contributed by atoms with Crippen LogP contribution >= 0.6 is 11.6 Å². The third-order valence-corrected chi connectivity index (χ3v) is 3.55. The van der Waals surface area contributed by atoms with E-state index >= 15 is 0 Å². The minimum absolute atomic E-state index is 0.0599. The number of hydrogen-bond donors (Lipinski definition) is 2. The monoisotopic (exact) mass is 251 g/mol. The van der Waals surface area contributed by atoms with Gasteiger partial charge in [-0.25, -0.2) is 0 Å². The molecule has 5 heteroatoms. The van der Waals surface area contributed by atoms with E-state index in [0.29, 0.717) is 11.4 Å². The molecule has 1 saturated heterocycles. The average molecular weight is 252 g/mol. The van der Waals surface area contributed by atoms with Gasteiger partial charge in [-0.3, -0.25) is 4.79 Å². The molecule has 17 heavy (non-hydrogen) atoms. The van der Waals surface area contributed by atoms with E-state index in [4.69, 9.17) is 11.6 Å². The number of rotatable bonds is 0. The smallest absolute Gasteiger partial charge is 0.226 e. The maximum absolute atomic E-state index is 11.8. The van der Waals surface area contributed by atoms with Gasteiger partial charge in [0.25, 0.3) is 0 Å². The number of nitrogens with one attached hydrogen (secondary N) is 2. The predicted molar refractivity (Wildman–Crippen MR) is 68.7 cm³/mol. The Morgan fingerprint density at radius 2 is 2.29 bits per heavy atom. The number of carbonyl (C=O) groups is 1. The van der Waals surface area contributed by atoms with Crippen molar-refractivity contribution >= 4 is 28.9 Å². The van der Waals surface area contributed by atoms with E-state index in [1.54, 1.807) is 0 Å². The molecular formula is C12H14ClN3O. The highest BCUT2D eigenvalue weighted by Crippen LogP contribution is 2.33. The predicted octanol–water partition coefficient (Wildman–Crippen LogP) is 1.46. The summed E-state index contributed by atoms with van der Waals surface area (Å²) in [4.78, 5) is 14.1. The molecule has 1 amide bonds. The topological polar surface area (TPSA) is 44.4 Å². The fourth-order valence-corrected chi connectivity index (χ4v) is 2.71. The lowest BCUT2D eigenvalue weighted by Crippen LogP contribution is -2.51. The molecule has 0 bridgehead atoms. The minimum Gasteiger partial charge on any atom is -0.364 e. The van der Waals surface area contributed by atoms with Gasteiger partial charge in [-0.15, -0.1) is 0 Å². The second-order valence-corrected chi connectivity index (χ2v) is 4.90. The molecule has 4 nitrogen and oxygen atoms in total. The first kappa shape index (κ1) is 10.9. The highest BCUT2D eigenvalue weighted by atomic mass is 35.5. The maximum atomic E-state index is 11.8. The van der Waals surface area contributed by atoms with Crippen molar-refractivity contribution in [1.29, 1.82) is 0 Å². The fourth-order valence-electron chi connectivity index (χ4n) is 2.53. The number of anilines is 2. The highest BCUT2D eigenvalue weighted by Gasteiger charge is 2.29. The van der Waals surface area contributed by atoms with Crippen molar-refractivity contribution in [3.8, 4) is 0 Å². The third-order valence-electron chi connectivity index (χ3n) is 3.31. The molecule has 0 aromatic heterocycles. The molecule has 1 aromatic rings. The normalized spacial score (nSPS) is 23.5. The third kappa shape index (κ3) is 1.98. The Morgan fingerprint density at radius 3 is 3.18 bits per heavy atom. The molecule has 2 aliphatic rings. The quantitative estimate of drug-likeness (QED) is 0.734. The zero-order valence-corrected chi connectivity index (χ0v) is 10.1. The van der Waals surface area contributed by atoms with Crippen LogP contribution in [-0.2, 0) is 4.79 Å². The summed E-state index contributed by atoms with van der Waals surface area (Å²) >= 11 is 5.97. The molecule has 2 aliphatic heterocycles. The Kier molecular flexibility index (Phi) is 2.68. The summed E-state index contributed by atoms with van der Waals surface area (Å²) in [5.74, 6) is 0.0599. The van der Waals surface area contributed by atoms with Crippen molar-refractivity contribution in [2.24, 2.45) is 0 Å². The van der Waals surface area contributed by atoms with E-state index in [9.17, 15) is 4.79 Å². The van der Waals surface area contributed by atoms with E-state index < -0.39 is 0 Å². The molecule has 0 aliphatic carbocycles. The van der Waals surface area contributed by atoms with Gasteiger partial charge in [0.1, 0.15) is 0 Å². The van der Waals surface area contributed by atoms with E-state index in [2.05, 4.69) is 15.5 Å². The number of benzene rings is 1. The van der Waals surface area contributed by atoms with Gasteiger partial charge in [0, 0.05) is 31.1 Å². The summed E-state index contributed by atoms with van der Waals surface area (Å²) < 4.78 is 0. The Balaban J connectivity index is 2.05. The lowest BCUT2D eigenvalue weighted by atomic mass is 10.1. The molecule has 0 radical (unpaired) electrons. The molecule has 2 heterocycles. The Hall–Kier alpha value is -1.26. The summed E-state index contributed by atoms with van der Waals surface area (Å²) in [6, 6.07) is 5.92. The average Bonchev–Trinajstić information content (AvgIpc) is 2.43.